The summed E-state index contributed by atoms with van der Waals surface area (Å²) < 4.78 is 12.3. The molecule has 0 saturated carbocycles. The molecule has 4 rings (SSSR count). The maximum Gasteiger partial charge on any atom is 0.330 e. The number of furan rings is 1. The molecule has 32 heavy (non-hydrogen) atoms. The Hall–Kier alpha value is -4.10. The zero-order chi connectivity index (χ0) is 22.7. The Bertz CT molecular complexity index is 1360. The number of nitrogens with zero attached hydrogens (tertiary/aromatic N) is 1. The summed E-state index contributed by atoms with van der Waals surface area (Å²) in [4.78, 5) is 28.0. The number of allylic oxidation sites excluding steroid dienone is 1. The topological polar surface area (TPSA) is 97.5 Å². The highest BCUT2D eigenvalue weighted by Gasteiger charge is 2.11. The third-order valence-corrected chi connectivity index (χ3v) is 5.04. The number of H-pyrrole nitrogens is 1. The minimum atomic E-state index is -0.328. The zero-order valence-electron chi connectivity index (χ0n) is 17.7. The molecule has 7 nitrogen and oxygen atoms in total. The van der Waals surface area contributed by atoms with Crippen molar-refractivity contribution in [3.8, 4) is 22.9 Å². The Morgan fingerprint density at radius 2 is 2.03 bits per heavy atom. The summed E-state index contributed by atoms with van der Waals surface area (Å²) in [5.41, 5.74) is 2.67. The van der Waals surface area contributed by atoms with E-state index in [-0.39, 0.29) is 18.1 Å². The highest BCUT2D eigenvalue weighted by molar-refractivity contribution is 6.07. The number of aliphatic hydroxyl groups excluding tert-OH is 1. The smallest absolute Gasteiger partial charge is 0.330 e. The van der Waals surface area contributed by atoms with Gasteiger partial charge in [-0.1, -0.05) is 30.3 Å². The van der Waals surface area contributed by atoms with Crippen LogP contribution in [0.25, 0.3) is 23.2 Å². The third-order valence-electron chi connectivity index (χ3n) is 5.04. The van der Waals surface area contributed by atoms with Gasteiger partial charge in [-0.15, -0.1) is 0 Å². The van der Waals surface area contributed by atoms with Crippen molar-refractivity contribution >= 4 is 11.9 Å². The van der Waals surface area contributed by atoms with Crippen molar-refractivity contribution in [2.24, 2.45) is 0 Å². The van der Waals surface area contributed by atoms with Crippen molar-refractivity contribution in [1.29, 1.82) is 0 Å². The summed E-state index contributed by atoms with van der Waals surface area (Å²) in [5, 5.41) is 9.33. The normalized spacial score (nSPS) is 11.2. The minimum absolute atomic E-state index is 0.126. The molecule has 0 bridgehead atoms. The summed E-state index contributed by atoms with van der Waals surface area (Å²) >= 11 is 0. The molecule has 4 aromatic rings. The van der Waals surface area contributed by atoms with Gasteiger partial charge in [0.25, 0.3) is 0 Å². The molecule has 0 aliphatic carbocycles. The van der Waals surface area contributed by atoms with E-state index in [1.165, 1.54) is 17.8 Å². The van der Waals surface area contributed by atoms with E-state index >= 15 is 0 Å². The lowest BCUT2D eigenvalue weighted by Gasteiger charge is -2.06. The maximum atomic E-state index is 12.7. The average molecular weight is 430 g/mol. The van der Waals surface area contributed by atoms with Gasteiger partial charge < -0.3 is 19.2 Å². The van der Waals surface area contributed by atoms with Gasteiger partial charge in [0.05, 0.1) is 19.4 Å². The number of imidazole rings is 1. The summed E-state index contributed by atoms with van der Waals surface area (Å²) in [6.45, 7) is 1.71. The van der Waals surface area contributed by atoms with Crippen LogP contribution in [-0.2, 0) is 6.61 Å². The van der Waals surface area contributed by atoms with Crippen molar-refractivity contribution in [3.05, 3.63) is 99.8 Å². The number of carbonyl (C=O) groups is 1. The second kappa shape index (κ2) is 8.95. The molecule has 162 valence electrons. The first-order valence-electron chi connectivity index (χ1n) is 9.97. The number of rotatable bonds is 7. The predicted molar refractivity (Wildman–Crippen MR) is 121 cm³/mol. The molecule has 2 aromatic carbocycles. The third kappa shape index (κ3) is 4.33. The van der Waals surface area contributed by atoms with Gasteiger partial charge in [0.1, 0.15) is 17.2 Å². The van der Waals surface area contributed by atoms with Crippen molar-refractivity contribution in [2.45, 2.75) is 13.5 Å². The second-order valence-electron chi connectivity index (χ2n) is 7.23. The molecule has 2 aromatic heterocycles. The number of methoxy groups -OCH3 is 1. The molecule has 7 heteroatoms. The van der Waals surface area contributed by atoms with Crippen LogP contribution in [-0.4, -0.2) is 27.6 Å². The van der Waals surface area contributed by atoms with Gasteiger partial charge >= 0.3 is 5.69 Å². The molecule has 0 unspecified atom stereocenters. The molecular formula is C25H22N2O5. The largest absolute Gasteiger partial charge is 0.496 e. The Labute approximate surface area is 184 Å². The summed E-state index contributed by atoms with van der Waals surface area (Å²) in [5.74, 6) is 1.66. The number of ketones is 1. The van der Waals surface area contributed by atoms with Gasteiger partial charge in [-0.2, -0.15) is 0 Å². The van der Waals surface area contributed by atoms with E-state index in [0.717, 1.165) is 11.3 Å². The molecule has 0 spiro atoms. The number of aromatic amines is 1. The van der Waals surface area contributed by atoms with Crippen molar-refractivity contribution < 1.29 is 19.1 Å². The monoisotopic (exact) mass is 430 g/mol. The van der Waals surface area contributed by atoms with Crippen LogP contribution in [0.2, 0.25) is 0 Å². The standard InChI is InChI=1S/C25H22N2O5/c1-16-6-11-23(32-16)21-14-27(25(30)26-21)20-5-3-4-18(13-20)22(29)10-8-17-7-9-19(15-28)24(12-17)31-2/h3-14,28H,15H2,1-2H3,(H,26,30). The zero-order valence-corrected chi connectivity index (χ0v) is 17.7. The number of carbonyl (C=O) groups excluding carboxylic acids is 1. The number of aliphatic hydroxyl groups is 1. The molecule has 2 N–H and O–H groups in total. The van der Waals surface area contributed by atoms with Crippen LogP contribution in [0, 0.1) is 6.92 Å². The molecule has 0 atom stereocenters. The Morgan fingerprint density at radius 1 is 1.19 bits per heavy atom. The molecule has 0 radical (unpaired) electrons. The lowest BCUT2D eigenvalue weighted by Crippen LogP contribution is -2.14. The van der Waals surface area contributed by atoms with E-state index in [1.807, 2.05) is 13.0 Å². The number of aromatic nitrogens is 2. The van der Waals surface area contributed by atoms with Crippen LogP contribution in [0.15, 0.2) is 76.1 Å². The number of ether oxygens (including phenoxy) is 1. The van der Waals surface area contributed by atoms with Gasteiger partial charge in [0.2, 0.25) is 0 Å². The number of hydrogen-bond acceptors (Lipinski definition) is 5. The highest BCUT2D eigenvalue weighted by atomic mass is 16.5. The lowest BCUT2D eigenvalue weighted by molar-refractivity contribution is 0.104. The van der Waals surface area contributed by atoms with E-state index in [9.17, 15) is 14.7 Å². The van der Waals surface area contributed by atoms with Crippen LogP contribution in [0.5, 0.6) is 5.75 Å². The predicted octanol–water partition coefficient (Wildman–Crippen LogP) is 4.13. The van der Waals surface area contributed by atoms with E-state index in [0.29, 0.717) is 34.0 Å². The maximum absolute atomic E-state index is 12.7. The molecule has 0 aliphatic heterocycles. The fourth-order valence-corrected chi connectivity index (χ4v) is 3.36. The molecule has 0 amide bonds. The number of aryl methyl sites for hydroxylation is 1. The average Bonchev–Trinajstić information content (AvgIpc) is 3.42. The van der Waals surface area contributed by atoms with Crippen molar-refractivity contribution in [2.75, 3.05) is 7.11 Å². The molecule has 0 fully saturated rings. The van der Waals surface area contributed by atoms with E-state index in [1.54, 1.807) is 60.8 Å². The quantitative estimate of drug-likeness (QED) is 0.339. The molecular weight excluding hydrogens is 408 g/mol. The van der Waals surface area contributed by atoms with Crippen molar-refractivity contribution in [3.63, 3.8) is 0 Å². The van der Waals surface area contributed by atoms with E-state index in [4.69, 9.17) is 9.15 Å². The first kappa shape index (κ1) is 21.1. The Balaban J connectivity index is 1.58. The van der Waals surface area contributed by atoms with Crippen LogP contribution < -0.4 is 10.4 Å². The second-order valence-corrected chi connectivity index (χ2v) is 7.23. The highest BCUT2D eigenvalue weighted by Crippen LogP contribution is 2.22. The molecule has 0 saturated heterocycles. The first-order chi connectivity index (χ1) is 15.5. The molecule has 0 aliphatic rings. The van der Waals surface area contributed by atoms with Gasteiger partial charge in [-0.3, -0.25) is 9.36 Å². The van der Waals surface area contributed by atoms with Gasteiger partial charge in [0, 0.05) is 17.3 Å². The van der Waals surface area contributed by atoms with Crippen LogP contribution in [0.3, 0.4) is 0 Å². The van der Waals surface area contributed by atoms with Gasteiger partial charge in [-0.25, -0.2) is 4.79 Å². The first-order valence-corrected chi connectivity index (χ1v) is 9.97. The van der Waals surface area contributed by atoms with Gasteiger partial charge in [-0.05, 0) is 48.9 Å². The van der Waals surface area contributed by atoms with Gasteiger partial charge in [0.15, 0.2) is 11.5 Å². The fourth-order valence-electron chi connectivity index (χ4n) is 3.36. The Kier molecular flexibility index (Phi) is 5.91. The van der Waals surface area contributed by atoms with E-state index in [2.05, 4.69) is 4.98 Å². The van der Waals surface area contributed by atoms with Crippen LogP contribution in [0.1, 0.15) is 27.2 Å². The number of nitrogens with one attached hydrogen (secondary N) is 1. The molecule has 2 heterocycles. The number of benzene rings is 2. The van der Waals surface area contributed by atoms with E-state index < -0.39 is 0 Å². The fraction of sp³-hybridized carbons (Fsp3) is 0.120. The summed E-state index contributed by atoms with van der Waals surface area (Å²) in [7, 11) is 1.53. The number of hydrogen-bond donors (Lipinski definition) is 2. The summed E-state index contributed by atoms with van der Waals surface area (Å²) in [6, 6.07) is 15.8. The SMILES string of the molecule is COc1cc(C=CC(=O)c2cccc(-n3cc(-c4ccc(C)o4)[nH]c3=O)c2)ccc1CO. The summed E-state index contributed by atoms with van der Waals surface area (Å²) in [6.07, 6.45) is 4.79. The van der Waals surface area contributed by atoms with Crippen molar-refractivity contribution in [1.82, 2.24) is 9.55 Å². The lowest BCUT2D eigenvalue weighted by atomic mass is 10.1. The van der Waals surface area contributed by atoms with Crippen LogP contribution >= 0.6 is 0 Å². The minimum Gasteiger partial charge on any atom is -0.496 e. The van der Waals surface area contributed by atoms with Crippen LogP contribution in [0.4, 0.5) is 0 Å². The Morgan fingerprint density at radius 3 is 2.75 bits per heavy atom.